The van der Waals surface area contributed by atoms with E-state index in [-0.39, 0.29) is 10.5 Å². The molecule has 2 unspecified atom stereocenters. The van der Waals surface area contributed by atoms with Gasteiger partial charge in [-0.05, 0) is 30.9 Å². The Hall–Kier alpha value is -0.970. The molecule has 5 heteroatoms. The van der Waals surface area contributed by atoms with Crippen LogP contribution in [0.2, 0.25) is 0 Å². The van der Waals surface area contributed by atoms with Gasteiger partial charge in [0.25, 0.3) is 5.91 Å². The van der Waals surface area contributed by atoms with Crippen LogP contribution in [0.15, 0.2) is 16.6 Å². The molecule has 1 saturated carbocycles. The molecule has 2 atom stereocenters. The first kappa shape index (κ1) is 15.4. The molecule has 1 aliphatic rings. The zero-order chi connectivity index (χ0) is 14.7. The molecule has 1 fully saturated rings. The lowest BCUT2D eigenvalue weighted by Gasteiger charge is -2.31. The minimum atomic E-state index is -0.835. The Morgan fingerprint density at radius 2 is 1.90 bits per heavy atom. The van der Waals surface area contributed by atoms with Gasteiger partial charge in [-0.3, -0.25) is 4.79 Å². The standard InChI is InChI=1S/C15H18BrF2NO/c1-2-9-5-3-4-6-13(9)19-15(20)14-11(17)7-10(16)8-12(14)18/h7-9,13H,2-6H2,1H3,(H,19,20). The zero-order valence-electron chi connectivity index (χ0n) is 11.4. The maximum absolute atomic E-state index is 13.8. The topological polar surface area (TPSA) is 29.1 Å². The molecule has 1 N–H and O–H groups in total. The van der Waals surface area contributed by atoms with E-state index < -0.39 is 23.1 Å². The number of carbonyl (C=O) groups excluding carboxylic acids is 1. The Kier molecular flexibility index (Phi) is 5.13. The second-order valence-electron chi connectivity index (χ2n) is 5.28. The summed E-state index contributed by atoms with van der Waals surface area (Å²) in [4.78, 5) is 12.1. The number of rotatable bonds is 3. The fraction of sp³-hybridized carbons (Fsp3) is 0.533. The van der Waals surface area contributed by atoms with E-state index in [0.29, 0.717) is 5.92 Å². The van der Waals surface area contributed by atoms with Crippen molar-refractivity contribution < 1.29 is 13.6 Å². The van der Waals surface area contributed by atoms with Crippen molar-refractivity contribution in [2.75, 3.05) is 0 Å². The molecule has 1 aliphatic carbocycles. The average Bonchev–Trinajstić information content (AvgIpc) is 2.38. The first-order valence-electron chi connectivity index (χ1n) is 6.98. The fourth-order valence-corrected chi connectivity index (χ4v) is 3.29. The number of hydrogen-bond acceptors (Lipinski definition) is 1. The summed E-state index contributed by atoms with van der Waals surface area (Å²) in [5.41, 5.74) is -0.492. The van der Waals surface area contributed by atoms with Crippen molar-refractivity contribution in [3.05, 3.63) is 33.8 Å². The van der Waals surface area contributed by atoms with Gasteiger partial charge in [-0.25, -0.2) is 8.78 Å². The molecule has 0 spiro atoms. The van der Waals surface area contributed by atoms with E-state index in [1.807, 2.05) is 0 Å². The summed E-state index contributed by atoms with van der Waals surface area (Å²) in [5.74, 6) is -1.93. The Morgan fingerprint density at radius 1 is 1.30 bits per heavy atom. The largest absolute Gasteiger partial charge is 0.349 e. The molecule has 0 aliphatic heterocycles. The average molecular weight is 346 g/mol. The molecule has 110 valence electrons. The molecule has 0 saturated heterocycles. The molecule has 2 nitrogen and oxygen atoms in total. The Labute approximate surface area is 126 Å². The van der Waals surface area contributed by atoms with Crippen LogP contribution >= 0.6 is 15.9 Å². The van der Waals surface area contributed by atoms with Crippen molar-refractivity contribution in [1.29, 1.82) is 0 Å². The molecule has 1 amide bonds. The van der Waals surface area contributed by atoms with Gasteiger partial charge in [0.1, 0.15) is 17.2 Å². The predicted octanol–water partition coefficient (Wildman–Crippen LogP) is 4.43. The smallest absolute Gasteiger partial charge is 0.257 e. The van der Waals surface area contributed by atoms with Gasteiger partial charge >= 0.3 is 0 Å². The summed E-state index contributed by atoms with van der Waals surface area (Å²) >= 11 is 3.00. The molecular weight excluding hydrogens is 328 g/mol. The molecule has 0 radical (unpaired) electrons. The van der Waals surface area contributed by atoms with Crippen LogP contribution in [0.25, 0.3) is 0 Å². The summed E-state index contributed by atoms with van der Waals surface area (Å²) in [6.45, 7) is 2.08. The van der Waals surface area contributed by atoms with Gasteiger partial charge in [0.2, 0.25) is 0 Å². The van der Waals surface area contributed by atoms with Crippen LogP contribution in [0.4, 0.5) is 8.78 Å². The monoisotopic (exact) mass is 345 g/mol. The molecule has 20 heavy (non-hydrogen) atoms. The minimum Gasteiger partial charge on any atom is -0.349 e. The van der Waals surface area contributed by atoms with E-state index in [2.05, 4.69) is 28.2 Å². The minimum absolute atomic E-state index is 0.0173. The first-order chi connectivity index (χ1) is 9.52. The van der Waals surface area contributed by atoms with Crippen molar-refractivity contribution in [3.8, 4) is 0 Å². The van der Waals surface area contributed by atoms with E-state index in [9.17, 15) is 13.6 Å². The summed E-state index contributed by atoms with van der Waals surface area (Å²) < 4.78 is 27.8. The number of halogens is 3. The summed E-state index contributed by atoms with van der Waals surface area (Å²) in [7, 11) is 0. The van der Waals surface area contributed by atoms with Crippen LogP contribution in [0.5, 0.6) is 0 Å². The Balaban J connectivity index is 2.16. The summed E-state index contributed by atoms with van der Waals surface area (Å²) in [5, 5.41) is 2.80. The van der Waals surface area contributed by atoms with Gasteiger partial charge < -0.3 is 5.32 Å². The fourth-order valence-electron chi connectivity index (χ4n) is 2.89. The summed E-state index contributed by atoms with van der Waals surface area (Å²) in [6.07, 6.45) is 5.12. The quantitative estimate of drug-likeness (QED) is 0.862. The van der Waals surface area contributed by atoms with E-state index in [4.69, 9.17) is 0 Å². The SMILES string of the molecule is CCC1CCCCC1NC(=O)c1c(F)cc(Br)cc1F. The Bertz CT molecular complexity index is 484. The van der Waals surface area contributed by atoms with Crippen molar-refractivity contribution >= 4 is 21.8 Å². The van der Waals surface area contributed by atoms with Crippen molar-refractivity contribution in [1.82, 2.24) is 5.32 Å². The van der Waals surface area contributed by atoms with Crippen LogP contribution in [-0.2, 0) is 0 Å². The molecule has 0 heterocycles. The van der Waals surface area contributed by atoms with Crippen molar-refractivity contribution in [2.24, 2.45) is 5.92 Å². The lowest BCUT2D eigenvalue weighted by molar-refractivity contribution is 0.0896. The molecule has 0 bridgehead atoms. The van der Waals surface area contributed by atoms with Crippen molar-refractivity contribution in [3.63, 3.8) is 0 Å². The number of benzene rings is 1. The van der Waals surface area contributed by atoms with Gasteiger partial charge in [0, 0.05) is 10.5 Å². The highest BCUT2D eigenvalue weighted by Gasteiger charge is 2.27. The van der Waals surface area contributed by atoms with Gasteiger partial charge in [-0.15, -0.1) is 0 Å². The molecular formula is C15H18BrF2NO. The van der Waals surface area contributed by atoms with Crippen LogP contribution in [0, 0.1) is 17.6 Å². The lowest BCUT2D eigenvalue weighted by atomic mass is 9.83. The Morgan fingerprint density at radius 3 is 2.50 bits per heavy atom. The van der Waals surface area contributed by atoms with Crippen LogP contribution in [0.3, 0.4) is 0 Å². The van der Waals surface area contributed by atoms with Crippen molar-refractivity contribution in [2.45, 2.75) is 45.1 Å². The van der Waals surface area contributed by atoms with Gasteiger partial charge in [0.05, 0.1) is 0 Å². The third-order valence-corrected chi connectivity index (χ3v) is 4.44. The van der Waals surface area contributed by atoms with Gasteiger partial charge in [0.15, 0.2) is 0 Å². The predicted molar refractivity (Wildman–Crippen MR) is 77.6 cm³/mol. The maximum atomic E-state index is 13.8. The van der Waals surface area contributed by atoms with Crippen LogP contribution in [-0.4, -0.2) is 11.9 Å². The third-order valence-electron chi connectivity index (χ3n) is 3.98. The van der Waals surface area contributed by atoms with E-state index >= 15 is 0 Å². The highest BCUT2D eigenvalue weighted by molar-refractivity contribution is 9.10. The number of hydrogen-bond donors (Lipinski definition) is 1. The highest BCUT2D eigenvalue weighted by atomic mass is 79.9. The maximum Gasteiger partial charge on any atom is 0.257 e. The molecule has 1 aromatic carbocycles. The second kappa shape index (κ2) is 6.66. The van der Waals surface area contributed by atoms with E-state index in [1.54, 1.807) is 0 Å². The van der Waals surface area contributed by atoms with E-state index in [0.717, 1.165) is 44.2 Å². The molecule has 2 rings (SSSR count). The van der Waals surface area contributed by atoms with Crippen LogP contribution < -0.4 is 5.32 Å². The first-order valence-corrected chi connectivity index (χ1v) is 7.77. The van der Waals surface area contributed by atoms with E-state index in [1.165, 1.54) is 0 Å². The summed E-state index contributed by atoms with van der Waals surface area (Å²) in [6, 6.07) is 2.23. The second-order valence-corrected chi connectivity index (χ2v) is 6.19. The normalized spacial score (nSPS) is 22.6. The zero-order valence-corrected chi connectivity index (χ0v) is 13.0. The highest BCUT2D eigenvalue weighted by Crippen LogP contribution is 2.27. The molecule has 0 aromatic heterocycles. The number of carbonyl (C=O) groups is 1. The van der Waals surface area contributed by atoms with Gasteiger partial charge in [-0.2, -0.15) is 0 Å². The lowest BCUT2D eigenvalue weighted by Crippen LogP contribution is -2.42. The van der Waals surface area contributed by atoms with Crippen LogP contribution in [0.1, 0.15) is 49.4 Å². The van der Waals surface area contributed by atoms with Gasteiger partial charge in [-0.1, -0.05) is 42.1 Å². The molecule has 1 aromatic rings. The third kappa shape index (κ3) is 3.37. The number of amides is 1. The number of nitrogens with one attached hydrogen (secondary N) is 1.